The Balaban J connectivity index is 1.17. The number of amides is 1. The van der Waals surface area contributed by atoms with Crippen LogP contribution in [0.1, 0.15) is 47.2 Å². The first kappa shape index (κ1) is 28.0. The van der Waals surface area contributed by atoms with Crippen molar-refractivity contribution in [3.8, 4) is 11.1 Å². The van der Waals surface area contributed by atoms with Crippen LogP contribution in [0.25, 0.3) is 11.1 Å². The van der Waals surface area contributed by atoms with Gasteiger partial charge in [-0.2, -0.15) is 13.2 Å². The number of aromatic nitrogens is 1. The van der Waals surface area contributed by atoms with Gasteiger partial charge < -0.3 is 14.7 Å². The van der Waals surface area contributed by atoms with Crippen LogP contribution in [-0.2, 0) is 17.5 Å². The Morgan fingerprint density at radius 1 is 0.976 bits per heavy atom. The lowest BCUT2D eigenvalue weighted by Gasteiger charge is -2.37. The number of rotatable bonds is 6. The third-order valence-corrected chi connectivity index (χ3v) is 8.48. The van der Waals surface area contributed by atoms with Crippen molar-refractivity contribution in [3.05, 3.63) is 77.5 Å². The van der Waals surface area contributed by atoms with Crippen LogP contribution in [0.2, 0.25) is 0 Å². The van der Waals surface area contributed by atoms with Gasteiger partial charge in [-0.1, -0.05) is 6.07 Å². The molecule has 3 saturated heterocycles. The quantitative estimate of drug-likeness (QED) is 0.380. The van der Waals surface area contributed by atoms with Gasteiger partial charge in [0.1, 0.15) is 11.4 Å². The number of carboxylic acid groups (broad SMARTS) is 1. The normalized spacial score (nSPS) is 19.0. The summed E-state index contributed by atoms with van der Waals surface area (Å²) in [5.41, 5.74) is 1.34. The van der Waals surface area contributed by atoms with Gasteiger partial charge in [0.2, 0.25) is 0 Å². The van der Waals surface area contributed by atoms with Crippen molar-refractivity contribution < 1.29 is 32.6 Å². The zero-order valence-electron chi connectivity index (χ0n) is 22.9. The number of carbonyl (C=O) groups is 2. The van der Waals surface area contributed by atoms with Gasteiger partial charge in [-0.25, -0.2) is 14.6 Å². The molecular formula is C31H31F3N4O4. The smallest absolute Gasteiger partial charge is 0.416 e. The number of likely N-dealkylation sites (tertiary alicyclic amines) is 1. The summed E-state index contributed by atoms with van der Waals surface area (Å²) < 4.78 is 46.8. The molecule has 1 aromatic heterocycles. The molecule has 0 saturated carbocycles. The molecule has 1 spiro atoms. The van der Waals surface area contributed by atoms with Crippen LogP contribution >= 0.6 is 0 Å². The standard InChI is InChI=1S/C31H31F3N4O4/c32-31(33,34)24-6-9-26(22-5-10-27(35-18-22)37-13-1-2-14-37)23(17-24)19-36-15-11-30(12-16-36)20-38(29(41)42-30)25-7-3-21(4-8-25)28(39)40/h3-10,17-18H,1-2,11-16,19-20H2,(H,39,40). The summed E-state index contributed by atoms with van der Waals surface area (Å²) in [5, 5.41) is 9.14. The Morgan fingerprint density at radius 2 is 1.69 bits per heavy atom. The Morgan fingerprint density at radius 3 is 2.31 bits per heavy atom. The van der Waals surface area contributed by atoms with Gasteiger partial charge in [-0.3, -0.25) is 9.80 Å². The van der Waals surface area contributed by atoms with E-state index in [1.807, 2.05) is 12.1 Å². The number of anilines is 2. The molecule has 3 aliphatic heterocycles. The number of halogens is 3. The number of piperidine rings is 1. The van der Waals surface area contributed by atoms with E-state index in [-0.39, 0.29) is 5.56 Å². The van der Waals surface area contributed by atoms with Crippen molar-refractivity contribution >= 4 is 23.6 Å². The van der Waals surface area contributed by atoms with E-state index >= 15 is 0 Å². The van der Waals surface area contributed by atoms with E-state index in [4.69, 9.17) is 9.84 Å². The summed E-state index contributed by atoms with van der Waals surface area (Å²) in [6.07, 6.45) is 0.103. The van der Waals surface area contributed by atoms with Crippen molar-refractivity contribution in [2.45, 2.75) is 44.0 Å². The first-order valence-corrected chi connectivity index (χ1v) is 14.1. The first-order valence-electron chi connectivity index (χ1n) is 14.1. The lowest BCUT2D eigenvalue weighted by molar-refractivity contribution is -0.137. The van der Waals surface area contributed by atoms with Gasteiger partial charge in [0.15, 0.2) is 0 Å². The second kappa shape index (κ2) is 10.9. The van der Waals surface area contributed by atoms with E-state index in [1.165, 1.54) is 29.2 Å². The van der Waals surface area contributed by atoms with Crippen LogP contribution in [-0.4, -0.2) is 65.4 Å². The van der Waals surface area contributed by atoms with Gasteiger partial charge in [0.05, 0.1) is 17.7 Å². The molecule has 220 valence electrons. The number of benzene rings is 2. The van der Waals surface area contributed by atoms with Gasteiger partial charge in [-0.15, -0.1) is 0 Å². The summed E-state index contributed by atoms with van der Waals surface area (Å²) in [6.45, 7) is 3.64. The minimum absolute atomic E-state index is 0.126. The maximum atomic E-state index is 13.7. The number of nitrogens with zero attached hydrogens (tertiary/aromatic N) is 4. The predicted octanol–water partition coefficient (Wildman–Crippen LogP) is 6.06. The number of aromatic carboxylic acids is 1. The summed E-state index contributed by atoms with van der Waals surface area (Å²) in [4.78, 5) is 34.3. The maximum Gasteiger partial charge on any atom is 0.416 e. The highest BCUT2D eigenvalue weighted by Crippen LogP contribution is 2.38. The van der Waals surface area contributed by atoms with Crippen LogP contribution in [0.3, 0.4) is 0 Å². The highest BCUT2D eigenvalue weighted by atomic mass is 19.4. The second-order valence-corrected chi connectivity index (χ2v) is 11.2. The molecule has 2 aromatic carbocycles. The van der Waals surface area contributed by atoms with Crippen molar-refractivity contribution in [2.75, 3.05) is 42.5 Å². The zero-order valence-corrected chi connectivity index (χ0v) is 22.9. The molecule has 42 heavy (non-hydrogen) atoms. The molecule has 3 fully saturated rings. The second-order valence-electron chi connectivity index (χ2n) is 11.2. The fourth-order valence-electron chi connectivity index (χ4n) is 6.09. The fourth-order valence-corrected chi connectivity index (χ4v) is 6.09. The van der Waals surface area contributed by atoms with Crippen molar-refractivity contribution in [1.82, 2.24) is 9.88 Å². The first-order chi connectivity index (χ1) is 20.1. The molecule has 0 aliphatic carbocycles. The third kappa shape index (κ3) is 5.65. The molecule has 0 unspecified atom stereocenters. The predicted molar refractivity (Wildman–Crippen MR) is 151 cm³/mol. The Kier molecular flexibility index (Phi) is 7.30. The van der Waals surface area contributed by atoms with Gasteiger partial charge in [0.25, 0.3) is 0 Å². The van der Waals surface area contributed by atoms with E-state index in [0.717, 1.165) is 43.4 Å². The summed E-state index contributed by atoms with van der Waals surface area (Å²) in [5.74, 6) is -0.169. The molecule has 3 aliphatic rings. The highest BCUT2D eigenvalue weighted by molar-refractivity contribution is 5.92. The molecule has 6 rings (SSSR count). The molecule has 0 bridgehead atoms. The molecule has 4 heterocycles. The van der Waals surface area contributed by atoms with Gasteiger partial charge in [0, 0.05) is 63.0 Å². The van der Waals surface area contributed by atoms with Crippen LogP contribution in [0.15, 0.2) is 60.8 Å². The fraction of sp³-hybridized carbons (Fsp3) is 0.387. The van der Waals surface area contributed by atoms with E-state index in [2.05, 4.69) is 14.8 Å². The van der Waals surface area contributed by atoms with E-state index in [1.54, 1.807) is 18.3 Å². The molecule has 3 aromatic rings. The number of carbonyl (C=O) groups excluding carboxylic acids is 1. The molecule has 0 atom stereocenters. The van der Waals surface area contributed by atoms with Crippen molar-refractivity contribution in [2.24, 2.45) is 0 Å². The summed E-state index contributed by atoms with van der Waals surface area (Å²) >= 11 is 0. The van der Waals surface area contributed by atoms with E-state index in [9.17, 15) is 22.8 Å². The average molecular weight is 581 g/mol. The van der Waals surface area contributed by atoms with Crippen molar-refractivity contribution in [1.29, 1.82) is 0 Å². The highest BCUT2D eigenvalue weighted by Gasteiger charge is 2.47. The minimum atomic E-state index is -4.46. The van der Waals surface area contributed by atoms with Crippen LogP contribution in [0.5, 0.6) is 0 Å². The van der Waals surface area contributed by atoms with Crippen molar-refractivity contribution in [3.63, 3.8) is 0 Å². The molecular weight excluding hydrogens is 549 g/mol. The molecule has 11 heteroatoms. The monoisotopic (exact) mass is 580 g/mol. The Labute approximate surface area is 241 Å². The number of hydrogen-bond donors (Lipinski definition) is 1. The largest absolute Gasteiger partial charge is 0.478 e. The Bertz CT molecular complexity index is 1460. The van der Waals surface area contributed by atoms with E-state index in [0.29, 0.717) is 55.8 Å². The number of hydrogen-bond acceptors (Lipinski definition) is 6. The summed E-state index contributed by atoms with van der Waals surface area (Å²) in [6, 6.07) is 13.8. The maximum absolute atomic E-state index is 13.7. The topological polar surface area (TPSA) is 86.2 Å². The zero-order chi connectivity index (χ0) is 29.5. The third-order valence-electron chi connectivity index (χ3n) is 8.48. The number of pyridine rings is 1. The average Bonchev–Trinajstić information content (AvgIpc) is 3.63. The Hall–Kier alpha value is -4.12. The molecule has 1 N–H and O–H groups in total. The molecule has 8 nitrogen and oxygen atoms in total. The van der Waals surface area contributed by atoms with E-state index < -0.39 is 29.4 Å². The minimum Gasteiger partial charge on any atom is -0.478 e. The number of alkyl halides is 3. The lowest BCUT2D eigenvalue weighted by Crippen LogP contribution is -2.46. The number of carboxylic acids is 1. The van der Waals surface area contributed by atoms with Crippen LogP contribution in [0.4, 0.5) is 29.5 Å². The lowest BCUT2D eigenvalue weighted by atomic mass is 9.90. The SMILES string of the molecule is O=C(O)c1ccc(N2CC3(CCN(Cc4cc(C(F)(F)F)ccc4-c4ccc(N5CCCC5)nc4)CC3)OC2=O)cc1. The van der Waals surface area contributed by atoms with Gasteiger partial charge >= 0.3 is 18.2 Å². The van der Waals surface area contributed by atoms with Crippen LogP contribution in [0, 0.1) is 0 Å². The van der Waals surface area contributed by atoms with Crippen LogP contribution < -0.4 is 9.80 Å². The molecule has 0 radical (unpaired) electrons. The molecule has 1 amide bonds. The number of ether oxygens (including phenoxy) is 1. The summed E-state index contributed by atoms with van der Waals surface area (Å²) in [7, 11) is 0. The van der Waals surface area contributed by atoms with Gasteiger partial charge in [-0.05, 0) is 72.5 Å².